The molecule has 0 fully saturated rings. The van der Waals surface area contributed by atoms with E-state index in [0.29, 0.717) is 0 Å². The van der Waals surface area contributed by atoms with Crippen LogP contribution in [0.3, 0.4) is 0 Å². The predicted molar refractivity (Wildman–Crippen MR) is 89.6 cm³/mol. The van der Waals surface area contributed by atoms with E-state index in [0.717, 1.165) is 11.1 Å². The Morgan fingerprint density at radius 3 is 2.08 bits per heavy atom. The summed E-state index contributed by atoms with van der Waals surface area (Å²) in [5.74, 6) is -1.06. The van der Waals surface area contributed by atoms with Gasteiger partial charge in [0.15, 0.2) is 0 Å². The van der Waals surface area contributed by atoms with Crippen molar-refractivity contribution in [3.8, 4) is 0 Å². The van der Waals surface area contributed by atoms with Crippen LogP contribution in [-0.2, 0) is 11.3 Å². The van der Waals surface area contributed by atoms with Gasteiger partial charge < -0.3 is 16.0 Å². The maximum Gasteiger partial charge on any atom is 0.315 e. The summed E-state index contributed by atoms with van der Waals surface area (Å²) in [6.45, 7) is 1.79. The van der Waals surface area contributed by atoms with Crippen LogP contribution in [0, 0.1) is 11.6 Å². The quantitative estimate of drug-likeness (QED) is 0.752. The van der Waals surface area contributed by atoms with Gasteiger partial charge in [-0.05, 0) is 42.3 Å². The van der Waals surface area contributed by atoms with Crippen LogP contribution in [0.5, 0.6) is 0 Å². The zero-order valence-corrected chi connectivity index (χ0v) is 13.7. The number of rotatable bonds is 6. The minimum absolute atomic E-state index is 0.194. The van der Waals surface area contributed by atoms with Crippen molar-refractivity contribution < 1.29 is 18.4 Å². The Morgan fingerprint density at radius 2 is 1.48 bits per heavy atom. The Labute approximate surface area is 144 Å². The molecular weight excluding hydrogens is 328 g/mol. The lowest BCUT2D eigenvalue weighted by atomic mass is 10.1. The number of carbonyl (C=O) groups excluding carboxylic acids is 2. The Morgan fingerprint density at radius 1 is 0.920 bits per heavy atom. The normalized spacial score (nSPS) is 11.5. The fourth-order valence-corrected chi connectivity index (χ4v) is 2.13. The van der Waals surface area contributed by atoms with Crippen LogP contribution in [0.4, 0.5) is 13.6 Å². The van der Waals surface area contributed by atoms with Crippen molar-refractivity contribution in [3.05, 3.63) is 71.3 Å². The molecule has 0 heterocycles. The van der Waals surface area contributed by atoms with Crippen molar-refractivity contribution in [2.45, 2.75) is 19.5 Å². The second-order valence-electron chi connectivity index (χ2n) is 5.50. The van der Waals surface area contributed by atoms with Crippen molar-refractivity contribution in [3.63, 3.8) is 0 Å². The smallest absolute Gasteiger partial charge is 0.315 e. The average Bonchev–Trinajstić information content (AvgIpc) is 2.60. The molecule has 0 saturated heterocycles. The summed E-state index contributed by atoms with van der Waals surface area (Å²) in [6, 6.07) is 10.7. The highest BCUT2D eigenvalue weighted by Gasteiger charge is 2.10. The van der Waals surface area contributed by atoms with Crippen molar-refractivity contribution in [2.24, 2.45) is 0 Å². The average molecular weight is 347 g/mol. The highest BCUT2D eigenvalue weighted by atomic mass is 19.1. The first-order valence-corrected chi connectivity index (χ1v) is 7.75. The van der Waals surface area contributed by atoms with Crippen molar-refractivity contribution in [1.82, 2.24) is 16.0 Å². The van der Waals surface area contributed by atoms with Gasteiger partial charge in [-0.3, -0.25) is 4.79 Å². The lowest BCUT2D eigenvalue weighted by molar-refractivity contribution is -0.120. The Kier molecular flexibility index (Phi) is 6.45. The second-order valence-corrected chi connectivity index (χ2v) is 5.50. The van der Waals surface area contributed by atoms with Gasteiger partial charge in [0.25, 0.3) is 0 Å². The third-order valence-electron chi connectivity index (χ3n) is 3.52. The first kappa shape index (κ1) is 18.4. The monoisotopic (exact) mass is 347 g/mol. The first-order chi connectivity index (χ1) is 11.9. The fourth-order valence-electron chi connectivity index (χ4n) is 2.13. The van der Waals surface area contributed by atoms with Gasteiger partial charge in [-0.25, -0.2) is 13.6 Å². The van der Waals surface area contributed by atoms with Crippen LogP contribution in [0.1, 0.15) is 24.1 Å². The SMILES string of the molecule is C[C@H](NC(=O)CNC(=O)NCc1ccc(F)cc1)c1ccc(F)cc1. The molecule has 0 radical (unpaired) electrons. The van der Waals surface area contributed by atoms with Crippen molar-refractivity contribution in [2.75, 3.05) is 6.54 Å². The number of amides is 3. The van der Waals surface area contributed by atoms with Crippen LogP contribution in [0.25, 0.3) is 0 Å². The van der Waals surface area contributed by atoms with E-state index in [-0.39, 0.29) is 36.7 Å². The molecule has 0 aliphatic carbocycles. The molecule has 0 aliphatic heterocycles. The summed E-state index contributed by atoms with van der Waals surface area (Å²) in [7, 11) is 0. The van der Waals surface area contributed by atoms with E-state index >= 15 is 0 Å². The van der Waals surface area contributed by atoms with Gasteiger partial charge in [-0.2, -0.15) is 0 Å². The zero-order chi connectivity index (χ0) is 18.2. The van der Waals surface area contributed by atoms with Crippen LogP contribution < -0.4 is 16.0 Å². The first-order valence-electron chi connectivity index (χ1n) is 7.75. The molecule has 3 N–H and O–H groups in total. The molecule has 0 bridgehead atoms. The van der Waals surface area contributed by atoms with Crippen LogP contribution >= 0.6 is 0 Å². The van der Waals surface area contributed by atoms with Gasteiger partial charge in [0.1, 0.15) is 11.6 Å². The van der Waals surface area contributed by atoms with E-state index < -0.39 is 6.03 Å². The Bertz CT molecular complexity index is 718. The molecule has 132 valence electrons. The van der Waals surface area contributed by atoms with Gasteiger partial charge >= 0.3 is 6.03 Å². The highest BCUT2D eigenvalue weighted by molar-refractivity contribution is 5.84. The lowest BCUT2D eigenvalue weighted by Gasteiger charge is -2.15. The molecule has 0 saturated carbocycles. The van der Waals surface area contributed by atoms with E-state index in [1.54, 1.807) is 31.2 Å². The number of hydrogen-bond acceptors (Lipinski definition) is 2. The predicted octanol–water partition coefficient (Wildman–Crippen LogP) is 2.64. The number of benzene rings is 2. The molecule has 7 heteroatoms. The van der Waals surface area contributed by atoms with Crippen molar-refractivity contribution >= 4 is 11.9 Å². The molecule has 2 aromatic rings. The van der Waals surface area contributed by atoms with Crippen LogP contribution in [-0.4, -0.2) is 18.5 Å². The summed E-state index contributed by atoms with van der Waals surface area (Å²) in [6.07, 6.45) is 0. The summed E-state index contributed by atoms with van der Waals surface area (Å²) in [5, 5.41) is 7.71. The van der Waals surface area contributed by atoms with E-state index in [1.165, 1.54) is 24.3 Å². The van der Waals surface area contributed by atoms with E-state index in [9.17, 15) is 18.4 Å². The minimum atomic E-state index is -0.506. The van der Waals surface area contributed by atoms with Gasteiger partial charge in [0.05, 0.1) is 12.6 Å². The van der Waals surface area contributed by atoms with Gasteiger partial charge in [-0.1, -0.05) is 24.3 Å². The molecule has 0 aromatic heterocycles. The Hall–Kier alpha value is -2.96. The molecule has 2 aromatic carbocycles. The lowest BCUT2D eigenvalue weighted by Crippen LogP contribution is -2.42. The summed E-state index contributed by atoms with van der Waals surface area (Å²) in [5.41, 5.74) is 1.50. The molecule has 0 aliphatic rings. The van der Waals surface area contributed by atoms with E-state index in [2.05, 4.69) is 16.0 Å². The molecule has 0 spiro atoms. The highest BCUT2D eigenvalue weighted by Crippen LogP contribution is 2.12. The second kappa shape index (κ2) is 8.77. The van der Waals surface area contributed by atoms with Crippen LogP contribution in [0.2, 0.25) is 0 Å². The maximum atomic E-state index is 12.9. The molecule has 25 heavy (non-hydrogen) atoms. The topological polar surface area (TPSA) is 70.2 Å². The standard InChI is InChI=1S/C18H19F2N3O2/c1-12(14-4-8-16(20)9-5-14)23-17(24)11-22-18(25)21-10-13-2-6-15(19)7-3-13/h2-9,12H,10-11H2,1H3,(H,23,24)(H2,21,22,25)/t12-/m0/s1. The van der Waals surface area contributed by atoms with Gasteiger partial charge in [0, 0.05) is 6.54 Å². The van der Waals surface area contributed by atoms with E-state index in [1.807, 2.05) is 0 Å². The van der Waals surface area contributed by atoms with Crippen molar-refractivity contribution in [1.29, 1.82) is 0 Å². The third-order valence-corrected chi connectivity index (χ3v) is 3.52. The van der Waals surface area contributed by atoms with E-state index in [4.69, 9.17) is 0 Å². The number of halogens is 2. The molecule has 1 atom stereocenters. The molecular formula is C18H19F2N3O2. The largest absolute Gasteiger partial charge is 0.348 e. The molecule has 0 unspecified atom stereocenters. The van der Waals surface area contributed by atoms with Crippen LogP contribution in [0.15, 0.2) is 48.5 Å². The number of nitrogens with one attached hydrogen (secondary N) is 3. The number of carbonyl (C=O) groups is 2. The maximum absolute atomic E-state index is 12.9. The summed E-state index contributed by atoms with van der Waals surface area (Å²) >= 11 is 0. The Balaban J connectivity index is 1.70. The zero-order valence-electron chi connectivity index (χ0n) is 13.7. The summed E-state index contributed by atoms with van der Waals surface area (Å²) in [4.78, 5) is 23.5. The summed E-state index contributed by atoms with van der Waals surface area (Å²) < 4.78 is 25.7. The number of hydrogen-bond donors (Lipinski definition) is 3. The number of urea groups is 1. The molecule has 2 rings (SSSR count). The molecule has 5 nitrogen and oxygen atoms in total. The minimum Gasteiger partial charge on any atom is -0.348 e. The van der Waals surface area contributed by atoms with Gasteiger partial charge in [0.2, 0.25) is 5.91 Å². The molecule has 3 amide bonds. The fraction of sp³-hybridized carbons (Fsp3) is 0.222. The third kappa shape index (κ3) is 6.21. The van der Waals surface area contributed by atoms with Gasteiger partial charge in [-0.15, -0.1) is 0 Å².